The van der Waals surface area contributed by atoms with Gasteiger partial charge in [0.25, 0.3) is 5.91 Å². The van der Waals surface area contributed by atoms with Crippen LogP contribution in [0.1, 0.15) is 35.7 Å². The molecule has 0 radical (unpaired) electrons. The number of primary amides is 1. The highest BCUT2D eigenvalue weighted by Crippen LogP contribution is 2.28. The molecule has 2 heterocycles. The molecule has 1 atom stereocenters. The van der Waals surface area contributed by atoms with Crippen LogP contribution in [0.15, 0.2) is 12.1 Å². The third-order valence-corrected chi connectivity index (χ3v) is 4.25. The van der Waals surface area contributed by atoms with Gasteiger partial charge in [0.2, 0.25) is 0 Å². The van der Waals surface area contributed by atoms with E-state index in [1.54, 1.807) is 12.1 Å². The van der Waals surface area contributed by atoms with Crippen molar-refractivity contribution in [2.24, 2.45) is 5.73 Å². The zero-order valence-corrected chi connectivity index (χ0v) is 13.0. The Hall–Kier alpha value is -2.15. The molecule has 118 valence electrons. The van der Waals surface area contributed by atoms with E-state index >= 15 is 0 Å². The minimum Gasteiger partial charge on any atom is -0.496 e. The number of nitrogens with two attached hydrogens (primary N) is 1. The van der Waals surface area contributed by atoms with Gasteiger partial charge in [-0.1, -0.05) is 11.6 Å². The number of amides is 1. The predicted octanol–water partition coefficient (Wildman–Crippen LogP) is 1.20. The average Bonchev–Trinajstić information content (AvgIpc) is 2.79. The van der Waals surface area contributed by atoms with Crippen molar-refractivity contribution in [1.82, 2.24) is 19.9 Å². The standard InChI is InChI=1S/C15H21N5O2/c1-19-6-4-3-5-10(9-19)20-13-8-14(22-2)11(15(16)21)7-12(13)17-18-20/h7-8,10H,3-6,9H2,1-2H3,(H2,16,21). The van der Waals surface area contributed by atoms with Gasteiger partial charge in [-0.15, -0.1) is 5.10 Å². The van der Waals surface area contributed by atoms with Crippen LogP contribution in [-0.2, 0) is 0 Å². The van der Waals surface area contributed by atoms with Crippen LogP contribution in [0.5, 0.6) is 5.75 Å². The minimum atomic E-state index is -0.525. The van der Waals surface area contributed by atoms with Crippen molar-refractivity contribution in [2.45, 2.75) is 25.3 Å². The van der Waals surface area contributed by atoms with Gasteiger partial charge in [-0.05, 0) is 32.5 Å². The van der Waals surface area contributed by atoms with Crippen molar-refractivity contribution >= 4 is 16.9 Å². The van der Waals surface area contributed by atoms with E-state index < -0.39 is 5.91 Å². The van der Waals surface area contributed by atoms with E-state index in [0.29, 0.717) is 16.8 Å². The number of fused-ring (bicyclic) bond motifs is 1. The third kappa shape index (κ3) is 2.64. The first-order valence-electron chi connectivity index (χ1n) is 7.51. The lowest BCUT2D eigenvalue weighted by Crippen LogP contribution is -2.26. The molecule has 1 saturated heterocycles. The lowest BCUT2D eigenvalue weighted by molar-refractivity contribution is 0.0997. The Kier molecular flexibility index (Phi) is 3.98. The molecule has 1 aliphatic rings. The summed E-state index contributed by atoms with van der Waals surface area (Å²) in [5.41, 5.74) is 7.27. The van der Waals surface area contributed by atoms with E-state index in [9.17, 15) is 4.79 Å². The summed E-state index contributed by atoms with van der Waals surface area (Å²) in [5.74, 6) is -0.0620. The molecule has 1 amide bonds. The van der Waals surface area contributed by atoms with Gasteiger partial charge in [0, 0.05) is 12.6 Å². The average molecular weight is 303 g/mol. The van der Waals surface area contributed by atoms with Crippen molar-refractivity contribution in [1.29, 1.82) is 0 Å². The Balaban J connectivity index is 2.05. The van der Waals surface area contributed by atoms with Gasteiger partial charge in [-0.25, -0.2) is 4.68 Å². The lowest BCUT2D eigenvalue weighted by Gasteiger charge is -2.20. The third-order valence-electron chi connectivity index (χ3n) is 4.25. The molecule has 2 aromatic rings. The highest BCUT2D eigenvalue weighted by atomic mass is 16.5. The van der Waals surface area contributed by atoms with Crippen LogP contribution in [0.3, 0.4) is 0 Å². The predicted molar refractivity (Wildman–Crippen MR) is 83.0 cm³/mol. The Morgan fingerprint density at radius 2 is 2.23 bits per heavy atom. The monoisotopic (exact) mass is 303 g/mol. The maximum Gasteiger partial charge on any atom is 0.252 e. The summed E-state index contributed by atoms with van der Waals surface area (Å²) in [6.45, 7) is 2.05. The SMILES string of the molecule is COc1cc2c(cc1C(N)=O)nnn2C1CCCCN(C)C1. The van der Waals surface area contributed by atoms with Crippen LogP contribution < -0.4 is 10.5 Å². The topological polar surface area (TPSA) is 86.3 Å². The van der Waals surface area contributed by atoms with Crippen LogP contribution in [0, 0.1) is 0 Å². The highest BCUT2D eigenvalue weighted by Gasteiger charge is 2.22. The summed E-state index contributed by atoms with van der Waals surface area (Å²) >= 11 is 0. The molecule has 1 aromatic heterocycles. The Bertz CT molecular complexity index is 697. The van der Waals surface area contributed by atoms with Gasteiger partial charge >= 0.3 is 0 Å². The Morgan fingerprint density at radius 3 is 2.95 bits per heavy atom. The first kappa shape index (κ1) is 14.8. The number of likely N-dealkylation sites (tertiary alicyclic amines) is 1. The summed E-state index contributed by atoms with van der Waals surface area (Å²) in [4.78, 5) is 13.8. The van der Waals surface area contributed by atoms with Crippen LogP contribution in [0.25, 0.3) is 11.0 Å². The summed E-state index contributed by atoms with van der Waals surface area (Å²) in [7, 11) is 3.66. The smallest absolute Gasteiger partial charge is 0.252 e. The lowest BCUT2D eigenvalue weighted by atomic mass is 10.1. The van der Waals surface area contributed by atoms with Crippen molar-refractivity contribution in [3.05, 3.63) is 17.7 Å². The number of ether oxygens (including phenoxy) is 1. The molecule has 0 aliphatic carbocycles. The molecule has 7 nitrogen and oxygen atoms in total. The molecule has 0 spiro atoms. The second kappa shape index (κ2) is 5.92. The number of hydrogen-bond donors (Lipinski definition) is 1. The second-order valence-electron chi connectivity index (χ2n) is 5.85. The number of carbonyl (C=O) groups excluding carboxylic acids is 1. The van der Waals surface area contributed by atoms with Gasteiger partial charge in [0.1, 0.15) is 11.3 Å². The zero-order chi connectivity index (χ0) is 15.7. The minimum absolute atomic E-state index is 0.279. The molecule has 1 unspecified atom stereocenters. The molecule has 3 rings (SSSR count). The maximum atomic E-state index is 11.5. The number of nitrogens with zero attached hydrogens (tertiary/aromatic N) is 4. The molecular formula is C15H21N5O2. The van der Waals surface area contributed by atoms with Gasteiger partial charge < -0.3 is 15.4 Å². The number of methoxy groups -OCH3 is 1. The van der Waals surface area contributed by atoms with Crippen molar-refractivity contribution in [2.75, 3.05) is 27.2 Å². The number of hydrogen-bond acceptors (Lipinski definition) is 5. The number of aromatic nitrogens is 3. The first-order chi connectivity index (χ1) is 10.6. The van der Waals surface area contributed by atoms with E-state index in [1.165, 1.54) is 20.0 Å². The number of benzene rings is 1. The Labute approximate surface area is 129 Å². The number of rotatable bonds is 3. The van der Waals surface area contributed by atoms with E-state index in [1.807, 2.05) is 4.68 Å². The zero-order valence-electron chi connectivity index (χ0n) is 13.0. The van der Waals surface area contributed by atoms with E-state index in [4.69, 9.17) is 10.5 Å². The van der Waals surface area contributed by atoms with Gasteiger partial charge in [0.15, 0.2) is 0 Å². The fourth-order valence-electron chi connectivity index (χ4n) is 3.10. The molecule has 0 saturated carbocycles. The first-order valence-corrected chi connectivity index (χ1v) is 7.51. The van der Waals surface area contributed by atoms with Crippen molar-refractivity contribution in [3.63, 3.8) is 0 Å². The van der Waals surface area contributed by atoms with Gasteiger partial charge in [0.05, 0.1) is 24.2 Å². The molecule has 1 aliphatic heterocycles. The fourth-order valence-corrected chi connectivity index (χ4v) is 3.10. The summed E-state index contributed by atoms with van der Waals surface area (Å²) in [5, 5.41) is 8.50. The molecule has 7 heteroatoms. The number of carbonyl (C=O) groups is 1. The highest BCUT2D eigenvalue weighted by molar-refractivity contribution is 5.99. The van der Waals surface area contributed by atoms with E-state index in [2.05, 4.69) is 22.3 Å². The van der Waals surface area contributed by atoms with Gasteiger partial charge in [-0.3, -0.25) is 4.79 Å². The summed E-state index contributed by atoms with van der Waals surface area (Å²) in [6, 6.07) is 3.74. The summed E-state index contributed by atoms with van der Waals surface area (Å²) < 4.78 is 7.24. The summed E-state index contributed by atoms with van der Waals surface area (Å²) in [6.07, 6.45) is 3.45. The Morgan fingerprint density at radius 1 is 1.41 bits per heavy atom. The van der Waals surface area contributed by atoms with E-state index in [0.717, 1.165) is 25.0 Å². The molecule has 2 N–H and O–H groups in total. The maximum absolute atomic E-state index is 11.5. The van der Waals surface area contributed by atoms with Crippen molar-refractivity contribution < 1.29 is 9.53 Å². The fraction of sp³-hybridized carbons (Fsp3) is 0.533. The molecule has 0 bridgehead atoms. The van der Waals surface area contributed by atoms with Crippen LogP contribution >= 0.6 is 0 Å². The molecule has 1 fully saturated rings. The number of likely N-dealkylation sites (N-methyl/N-ethyl adjacent to an activating group) is 1. The molecule has 1 aromatic carbocycles. The molecule has 22 heavy (non-hydrogen) atoms. The van der Waals surface area contributed by atoms with Gasteiger partial charge in [-0.2, -0.15) is 0 Å². The van der Waals surface area contributed by atoms with Crippen LogP contribution in [0.4, 0.5) is 0 Å². The largest absolute Gasteiger partial charge is 0.496 e. The molecular weight excluding hydrogens is 282 g/mol. The van der Waals surface area contributed by atoms with Crippen LogP contribution in [0.2, 0.25) is 0 Å². The second-order valence-corrected chi connectivity index (χ2v) is 5.85. The van der Waals surface area contributed by atoms with Crippen LogP contribution in [-0.4, -0.2) is 53.0 Å². The quantitative estimate of drug-likeness (QED) is 0.920. The normalized spacial score (nSPS) is 20.0. The van der Waals surface area contributed by atoms with Crippen molar-refractivity contribution in [3.8, 4) is 5.75 Å². The van der Waals surface area contributed by atoms with E-state index in [-0.39, 0.29) is 6.04 Å².